The molecule has 5 nitrogen and oxygen atoms in total. The standard InChI is InChI=1S/C28H21ClN2O3/c1-17(13-27(32)31-24-7-3-5-19-6-4-12-30-28(19)24)21-14-22-23(18-8-10-20(29)11-9-18)16-34-26(22)15-25(21)33-2/h3-16H,1-2H3,(H,31,32)/b17-13+. The van der Waals surface area contributed by atoms with E-state index in [2.05, 4.69) is 10.3 Å². The number of carbonyl (C=O) groups excluding carboxylic acids is 1. The van der Waals surface area contributed by atoms with Gasteiger partial charge in [0.25, 0.3) is 0 Å². The Kier molecular flexibility index (Phi) is 5.78. The highest BCUT2D eigenvalue weighted by atomic mass is 35.5. The van der Waals surface area contributed by atoms with Crippen LogP contribution in [0.25, 0.3) is 38.6 Å². The van der Waals surface area contributed by atoms with Crippen molar-refractivity contribution in [3.05, 3.63) is 95.9 Å². The molecule has 0 atom stereocenters. The number of allylic oxidation sites excluding steroid dienone is 1. The predicted octanol–water partition coefficient (Wildman–Crippen LogP) is 7.35. The zero-order valence-corrected chi connectivity index (χ0v) is 19.4. The zero-order chi connectivity index (χ0) is 23.7. The Morgan fingerprint density at radius 2 is 1.88 bits per heavy atom. The molecular formula is C28H21ClN2O3. The summed E-state index contributed by atoms with van der Waals surface area (Å²) in [5.41, 5.74) is 5.59. The smallest absolute Gasteiger partial charge is 0.248 e. The summed E-state index contributed by atoms with van der Waals surface area (Å²) in [6.45, 7) is 1.88. The molecule has 0 saturated carbocycles. The summed E-state index contributed by atoms with van der Waals surface area (Å²) in [4.78, 5) is 17.3. The Labute approximate surface area is 201 Å². The molecule has 5 aromatic rings. The second-order valence-corrected chi connectivity index (χ2v) is 8.34. The van der Waals surface area contributed by atoms with Gasteiger partial charge in [0.2, 0.25) is 5.91 Å². The summed E-state index contributed by atoms with van der Waals surface area (Å²) in [6.07, 6.45) is 4.99. The minimum absolute atomic E-state index is 0.247. The Hall–Kier alpha value is -4.09. The number of nitrogens with one attached hydrogen (secondary N) is 1. The van der Waals surface area contributed by atoms with Crippen LogP contribution in [-0.4, -0.2) is 18.0 Å². The summed E-state index contributed by atoms with van der Waals surface area (Å²) >= 11 is 6.05. The maximum absolute atomic E-state index is 12.9. The summed E-state index contributed by atoms with van der Waals surface area (Å²) in [5, 5.41) is 5.50. The largest absolute Gasteiger partial charge is 0.496 e. The van der Waals surface area contributed by atoms with Crippen LogP contribution in [0.4, 0.5) is 5.69 Å². The van der Waals surface area contributed by atoms with Crippen LogP contribution < -0.4 is 10.1 Å². The average Bonchev–Trinajstić information content (AvgIpc) is 3.26. The molecule has 34 heavy (non-hydrogen) atoms. The lowest BCUT2D eigenvalue weighted by Crippen LogP contribution is -2.09. The number of carbonyl (C=O) groups is 1. The molecule has 0 bridgehead atoms. The summed E-state index contributed by atoms with van der Waals surface area (Å²) in [5.74, 6) is 0.376. The van der Waals surface area contributed by atoms with E-state index in [0.717, 1.165) is 38.6 Å². The first kappa shape index (κ1) is 21.7. The van der Waals surface area contributed by atoms with Gasteiger partial charge in [0, 0.05) is 45.3 Å². The summed E-state index contributed by atoms with van der Waals surface area (Å²) in [7, 11) is 1.60. The van der Waals surface area contributed by atoms with E-state index in [1.165, 1.54) is 0 Å². The topological polar surface area (TPSA) is 64.4 Å². The van der Waals surface area contributed by atoms with E-state index < -0.39 is 0 Å². The predicted molar refractivity (Wildman–Crippen MR) is 137 cm³/mol. The van der Waals surface area contributed by atoms with Gasteiger partial charge in [-0.05, 0) is 48.4 Å². The molecule has 2 aromatic heterocycles. The SMILES string of the molecule is COc1cc2occ(-c3ccc(Cl)cc3)c2cc1/C(C)=C/C(=O)Nc1cccc2cccnc12. The Morgan fingerprint density at radius 3 is 2.68 bits per heavy atom. The molecule has 168 valence electrons. The highest BCUT2D eigenvalue weighted by Gasteiger charge is 2.15. The van der Waals surface area contributed by atoms with Crippen LogP contribution in [0.1, 0.15) is 12.5 Å². The Morgan fingerprint density at radius 1 is 1.09 bits per heavy atom. The van der Waals surface area contributed by atoms with Crippen molar-refractivity contribution >= 4 is 50.6 Å². The van der Waals surface area contributed by atoms with Crippen molar-refractivity contribution in [2.75, 3.05) is 12.4 Å². The Balaban J connectivity index is 1.51. The van der Waals surface area contributed by atoms with Gasteiger partial charge in [-0.1, -0.05) is 41.9 Å². The van der Waals surface area contributed by atoms with Gasteiger partial charge < -0.3 is 14.5 Å². The number of furan rings is 1. The number of rotatable bonds is 5. The second kappa shape index (κ2) is 9.04. The van der Waals surface area contributed by atoms with Crippen LogP contribution >= 0.6 is 11.6 Å². The molecule has 0 radical (unpaired) electrons. The maximum atomic E-state index is 12.9. The van der Waals surface area contributed by atoms with Gasteiger partial charge in [-0.3, -0.25) is 9.78 Å². The first-order valence-corrected chi connectivity index (χ1v) is 11.1. The van der Waals surface area contributed by atoms with Crippen molar-refractivity contribution < 1.29 is 13.9 Å². The van der Waals surface area contributed by atoms with Crippen LogP contribution in [0.2, 0.25) is 5.02 Å². The molecule has 5 rings (SSSR count). The molecule has 2 heterocycles. The third kappa shape index (κ3) is 4.14. The van der Waals surface area contributed by atoms with Gasteiger partial charge in [0.15, 0.2) is 0 Å². The molecule has 0 aliphatic carbocycles. The van der Waals surface area contributed by atoms with E-state index in [-0.39, 0.29) is 5.91 Å². The van der Waals surface area contributed by atoms with Crippen molar-refractivity contribution in [3.63, 3.8) is 0 Å². The quantitative estimate of drug-likeness (QED) is 0.274. The van der Waals surface area contributed by atoms with E-state index in [1.807, 2.05) is 73.7 Å². The van der Waals surface area contributed by atoms with Gasteiger partial charge in [0.05, 0.1) is 24.6 Å². The van der Waals surface area contributed by atoms with Crippen molar-refractivity contribution in [2.45, 2.75) is 6.92 Å². The van der Waals surface area contributed by atoms with E-state index in [0.29, 0.717) is 22.0 Å². The van der Waals surface area contributed by atoms with Crippen molar-refractivity contribution in [2.24, 2.45) is 0 Å². The van der Waals surface area contributed by atoms with Gasteiger partial charge >= 0.3 is 0 Å². The number of hydrogen-bond donors (Lipinski definition) is 1. The normalized spacial score (nSPS) is 11.7. The molecule has 1 N–H and O–H groups in total. The van der Waals surface area contributed by atoms with Gasteiger partial charge in [-0.2, -0.15) is 0 Å². The molecule has 0 unspecified atom stereocenters. The minimum atomic E-state index is -0.247. The summed E-state index contributed by atoms with van der Waals surface area (Å²) in [6, 6.07) is 20.9. The molecular weight excluding hydrogens is 448 g/mol. The van der Waals surface area contributed by atoms with Crippen LogP contribution in [0.15, 0.2) is 89.7 Å². The second-order valence-electron chi connectivity index (χ2n) is 7.90. The number of halogens is 1. The fourth-order valence-corrected chi connectivity index (χ4v) is 4.16. The van der Waals surface area contributed by atoms with Crippen molar-refractivity contribution in [3.8, 4) is 16.9 Å². The lowest BCUT2D eigenvalue weighted by Gasteiger charge is -2.11. The number of pyridine rings is 1. The third-order valence-corrected chi connectivity index (χ3v) is 5.97. The first-order valence-electron chi connectivity index (χ1n) is 10.7. The van der Waals surface area contributed by atoms with Crippen LogP contribution in [-0.2, 0) is 4.79 Å². The number of anilines is 1. The first-order chi connectivity index (χ1) is 16.5. The highest BCUT2D eigenvalue weighted by molar-refractivity contribution is 6.30. The molecule has 3 aromatic carbocycles. The average molecular weight is 469 g/mol. The monoisotopic (exact) mass is 468 g/mol. The van der Waals surface area contributed by atoms with E-state index in [4.69, 9.17) is 20.8 Å². The van der Waals surface area contributed by atoms with Crippen molar-refractivity contribution in [1.29, 1.82) is 0 Å². The number of para-hydroxylation sites is 1. The number of ether oxygens (including phenoxy) is 1. The molecule has 0 aliphatic heterocycles. The highest BCUT2D eigenvalue weighted by Crippen LogP contribution is 2.37. The van der Waals surface area contributed by atoms with Crippen LogP contribution in [0.3, 0.4) is 0 Å². The molecule has 1 amide bonds. The van der Waals surface area contributed by atoms with Gasteiger partial charge in [0.1, 0.15) is 11.3 Å². The van der Waals surface area contributed by atoms with E-state index in [1.54, 1.807) is 25.6 Å². The fourth-order valence-electron chi connectivity index (χ4n) is 4.03. The number of aromatic nitrogens is 1. The number of hydrogen-bond acceptors (Lipinski definition) is 4. The minimum Gasteiger partial charge on any atom is -0.496 e. The number of nitrogens with zero attached hydrogens (tertiary/aromatic N) is 1. The summed E-state index contributed by atoms with van der Waals surface area (Å²) < 4.78 is 11.4. The third-order valence-electron chi connectivity index (χ3n) is 5.71. The molecule has 0 spiro atoms. The van der Waals surface area contributed by atoms with Crippen LogP contribution in [0.5, 0.6) is 5.75 Å². The number of amides is 1. The molecule has 0 saturated heterocycles. The fraction of sp³-hybridized carbons (Fsp3) is 0.0714. The Bertz CT molecular complexity index is 1550. The van der Waals surface area contributed by atoms with E-state index in [9.17, 15) is 4.79 Å². The zero-order valence-electron chi connectivity index (χ0n) is 18.6. The number of methoxy groups -OCH3 is 1. The van der Waals surface area contributed by atoms with Crippen LogP contribution in [0, 0.1) is 0 Å². The number of benzene rings is 3. The molecule has 0 fully saturated rings. The lowest BCUT2D eigenvalue weighted by molar-refractivity contribution is -0.111. The van der Waals surface area contributed by atoms with E-state index >= 15 is 0 Å². The van der Waals surface area contributed by atoms with Gasteiger partial charge in [-0.15, -0.1) is 0 Å². The van der Waals surface area contributed by atoms with Gasteiger partial charge in [-0.25, -0.2) is 0 Å². The molecule has 6 heteroatoms. The van der Waals surface area contributed by atoms with Crippen molar-refractivity contribution in [1.82, 2.24) is 4.98 Å². The number of fused-ring (bicyclic) bond motifs is 2. The lowest BCUT2D eigenvalue weighted by atomic mass is 9.99. The molecule has 0 aliphatic rings. The maximum Gasteiger partial charge on any atom is 0.248 e.